The molecule has 0 spiro atoms. The van der Waals surface area contributed by atoms with Crippen molar-refractivity contribution in [3.8, 4) is 0 Å². The predicted octanol–water partition coefficient (Wildman–Crippen LogP) is 2.18. The first-order valence-corrected chi connectivity index (χ1v) is 4.85. The zero-order chi connectivity index (χ0) is 7.28. The van der Waals surface area contributed by atoms with Gasteiger partial charge in [0.25, 0.3) is 0 Å². The summed E-state index contributed by atoms with van der Waals surface area (Å²) in [6, 6.07) is 0. The Hall–Kier alpha value is 0.550. The summed E-state index contributed by atoms with van der Waals surface area (Å²) in [6.07, 6.45) is 1.13. The molecule has 9 heavy (non-hydrogen) atoms. The van der Waals surface area contributed by atoms with Gasteiger partial charge in [0.05, 0.1) is 3.26 Å². The van der Waals surface area contributed by atoms with Crippen LogP contribution >= 0.6 is 34.5 Å². The molecule has 4 heteroatoms. The summed E-state index contributed by atoms with van der Waals surface area (Å²) in [6.45, 7) is 3.93. The summed E-state index contributed by atoms with van der Waals surface area (Å²) in [7, 11) is 0. The first-order valence-electron chi connectivity index (χ1n) is 2.76. The molecule has 1 atom stereocenters. The second-order valence-electron chi connectivity index (χ2n) is 1.66. The van der Waals surface area contributed by atoms with Crippen LogP contribution in [0.2, 0.25) is 0 Å². The fraction of sp³-hybridized carbons (Fsp3) is 0.800. The number of hydrogen-bond acceptors (Lipinski definition) is 2. The lowest BCUT2D eigenvalue weighted by atomic mass is 10.6. The molecule has 0 bridgehead atoms. The van der Waals surface area contributed by atoms with E-state index >= 15 is 0 Å². The van der Waals surface area contributed by atoms with Gasteiger partial charge in [-0.2, -0.15) is 0 Å². The van der Waals surface area contributed by atoms with Crippen molar-refractivity contribution in [3.05, 3.63) is 0 Å². The standard InChI is InChI=1S/C5H11IN2S/c1-3-5(6)9-8-4(2)7/h5H,3H2,1-2H3,(H2,7,8). The molecule has 0 aliphatic carbocycles. The third kappa shape index (κ3) is 6.44. The Morgan fingerprint density at radius 3 is 2.78 bits per heavy atom. The number of hydrogen-bond donors (Lipinski definition) is 1. The highest BCUT2D eigenvalue weighted by Gasteiger charge is 1.97. The molecule has 0 saturated carbocycles. The summed E-state index contributed by atoms with van der Waals surface area (Å²) in [5.74, 6) is 0.648. The molecule has 0 amide bonds. The molecule has 0 aliphatic rings. The molecule has 0 aromatic rings. The highest BCUT2D eigenvalue weighted by molar-refractivity contribution is 14.1. The van der Waals surface area contributed by atoms with Crippen molar-refractivity contribution in [2.24, 2.45) is 10.1 Å². The monoisotopic (exact) mass is 258 g/mol. The minimum absolute atomic E-state index is 0.557. The van der Waals surface area contributed by atoms with E-state index in [1.165, 1.54) is 11.9 Å². The van der Waals surface area contributed by atoms with Gasteiger partial charge in [-0.25, -0.2) is 4.40 Å². The van der Waals surface area contributed by atoms with Crippen molar-refractivity contribution < 1.29 is 0 Å². The van der Waals surface area contributed by atoms with Crippen LogP contribution in [0.3, 0.4) is 0 Å². The Morgan fingerprint density at radius 2 is 2.44 bits per heavy atom. The molecule has 2 N–H and O–H groups in total. The van der Waals surface area contributed by atoms with Crippen LogP contribution in [0.1, 0.15) is 20.3 Å². The van der Waals surface area contributed by atoms with Gasteiger partial charge in [-0.05, 0) is 25.3 Å². The van der Waals surface area contributed by atoms with Gasteiger partial charge in [0, 0.05) is 0 Å². The largest absolute Gasteiger partial charge is 0.387 e. The van der Waals surface area contributed by atoms with Gasteiger partial charge >= 0.3 is 0 Å². The van der Waals surface area contributed by atoms with E-state index in [4.69, 9.17) is 5.73 Å². The molecule has 0 radical (unpaired) electrons. The molecular weight excluding hydrogens is 247 g/mol. The van der Waals surface area contributed by atoms with E-state index in [1.54, 1.807) is 6.92 Å². The van der Waals surface area contributed by atoms with Crippen LogP contribution in [-0.2, 0) is 0 Å². The molecular formula is C5H11IN2S. The van der Waals surface area contributed by atoms with Gasteiger partial charge in [0.15, 0.2) is 0 Å². The lowest BCUT2D eigenvalue weighted by Crippen LogP contribution is -2.03. The van der Waals surface area contributed by atoms with Crippen molar-refractivity contribution in [1.82, 2.24) is 0 Å². The number of halogens is 1. The minimum atomic E-state index is 0.557. The van der Waals surface area contributed by atoms with Gasteiger partial charge in [0.2, 0.25) is 0 Å². The van der Waals surface area contributed by atoms with E-state index in [1.807, 2.05) is 0 Å². The molecule has 0 rings (SSSR count). The maximum absolute atomic E-state index is 5.32. The number of nitrogens with two attached hydrogens (primary N) is 1. The van der Waals surface area contributed by atoms with Gasteiger partial charge in [-0.15, -0.1) is 0 Å². The topological polar surface area (TPSA) is 38.4 Å². The smallest absolute Gasteiger partial charge is 0.104 e. The maximum atomic E-state index is 5.32. The molecule has 0 fully saturated rings. The first-order chi connectivity index (χ1) is 4.16. The van der Waals surface area contributed by atoms with Crippen LogP contribution in [0.4, 0.5) is 0 Å². The van der Waals surface area contributed by atoms with Gasteiger partial charge in [-0.3, -0.25) is 0 Å². The van der Waals surface area contributed by atoms with E-state index < -0.39 is 0 Å². The van der Waals surface area contributed by atoms with E-state index in [-0.39, 0.29) is 0 Å². The van der Waals surface area contributed by atoms with Crippen molar-refractivity contribution in [2.45, 2.75) is 23.5 Å². The fourth-order valence-corrected chi connectivity index (χ4v) is 0.986. The molecule has 0 heterocycles. The van der Waals surface area contributed by atoms with Gasteiger partial charge in [0.1, 0.15) is 5.84 Å². The van der Waals surface area contributed by atoms with E-state index in [9.17, 15) is 0 Å². The third-order valence-corrected chi connectivity index (χ3v) is 3.15. The van der Waals surface area contributed by atoms with Crippen LogP contribution in [0.25, 0.3) is 0 Å². The molecule has 2 nitrogen and oxygen atoms in total. The SMILES string of the molecule is CCC(I)SN=C(C)N. The number of nitrogens with zero attached hydrogens (tertiary/aromatic N) is 1. The summed E-state index contributed by atoms with van der Waals surface area (Å²) < 4.78 is 4.56. The van der Waals surface area contributed by atoms with Crippen molar-refractivity contribution in [1.29, 1.82) is 0 Å². The van der Waals surface area contributed by atoms with Crippen LogP contribution in [0, 0.1) is 0 Å². The number of rotatable bonds is 3. The Balaban J connectivity index is 3.37. The van der Waals surface area contributed by atoms with Crippen LogP contribution in [-0.4, -0.2) is 9.09 Å². The van der Waals surface area contributed by atoms with Crippen LogP contribution < -0.4 is 5.73 Å². The lowest BCUT2D eigenvalue weighted by Gasteiger charge is -1.99. The number of amidine groups is 1. The average molecular weight is 258 g/mol. The van der Waals surface area contributed by atoms with Crippen LogP contribution in [0.15, 0.2) is 4.40 Å². The van der Waals surface area contributed by atoms with Crippen molar-refractivity contribution >= 4 is 40.4 Å². The second kappa shape index (κ2) is 5.34. The highest BCUT2D eigenvalue weighted by atomic mass is 127. The van der Waals surface area contributed by atoms with E-state index in [2.05, 4.69) is 33.9 Å². The summed E-state index contributed by atoms with van der Waals surface area (Å²) in [4.78, 5) is 0. The zero-order valence-electron chi connectivity index (χ0n) is 5.60. The highest BCUT2D eigenvalue weighted by Crippen LogP contribution is 2.21. The second-order valence-corrected chi connectivity index (χ2v) is 4.97. The Kier molecular flexibility index (Phi) is 5.67. The van der Waals surface area contributed by atoms with Gasteiger partial charge in [-0.1, -0.05) is 29.5 Å². The maximum Gasteiger partial charge on any atom is 0.104 e. The molecule has 1 unspecified atom stereocenters. The zero-order valence-corrected chi connectivity index (χ0v) is 8.57. The Labute approximate surface area is 74.0 Å². The predicted molar refractivity (Wildman–Crippen MR) is 53.0 cm³/mol. The lowest BCUT2D eigenvalue weighted by molar-refractivity contribution is 1.08. The average Bonchev–Trinajstić information content (AvgIpc) is 1.83. The van der Waals surface area contributed by atoms with Crippen molar-refractivity contribution in [2.75, 3.05) is 0 Å². The van der Waals surface area contributed by atoms with Crippen molar-refractivity contribution in [3.63, 3.8) is 0 Å². The first kappa shape index (κ1) is 9.55. The van der Waals surface area contributed by atoms with E-state index in [0.717, 1.165) is 6.42 Å². The molecule has 0 aromatic heterocycles. The Bertz CT molecular complexity index is 101. The van der Waals surface area contributed by atoms with Gasteiger partial charge < -0.3 is 5.73 Å². The molecule has 0 aromatic carbocycles. The number of alkyl halides is 1. The normalized spacial score (nSPS) is 15.7. The summed E-state index contributed by atoms with van der Waals surface area (Å²) >= 11 is 3.87. The van der Waals surface area contributed by atoms with E-state index in [0.29, 0.717) is 9.09 Å². The molecule has 54 valence electrons. The fourth-order valence-electron chi connectivity index (χ4n) is 0.215. The Morgan fingerprint density at radius 1 is 1.89 bits per heavy atom. The minimum Gasteiger partial charge on any atom is -0.387 e. The quantitative estimate of drug-likeness (QED) is 0.277. The summed E-state index contributed by atoms with van der Waals surface area (Å²) in [5, 5.41) is 0. The molecule has 0 aliphatic heterocycles. The summed E-state index contributed by atoms with van der Waals surface area (Å²) in [5.41, 5.74) is 5.32. The van der Waals surface area contributed by atoms with Crippen LogP contribution in [0.5, 0.6) is 0 Å². The molecule has 0 saturated heterocycles. The third-order valence-electron chi connectivity index (χ3n) is 0.632.